The van der Waals surface area contributed by atoms with Gasteiger partial charge in [0.05, 0.1) is 43.2 Å². The minimum absolute atomic E-state index is 0.00773. The highest BCUT2D eigenvalue weighted by atomic mass is 32.2. The molecule has 0 atom stereocenters. The summed E-state index contributed by atoms with van der Waals surface area (Å²) < 4.78 is 43.9. The number of methoxy groups -OCH3 is 3. The Morgan fingerprint density at radius 3 is 2.24 bits per heavy atom. The number of non-ortho nitro benzene ring substituents is 1. The minimum atomic E-state index is -4.36. The molecule has 0 heterocycles. The normalized spacial score (nSPS) is 10.8. The van der Waals surface area contributed by atoms with Gasteiger partial charge >= 0.3 is 0 Å². The lowest BCUT2D eigenvalue weighted by Crippen LogP contribution is -2.19. The van der Waals surface area contributed by atoms with Crippen LogP contribution in [0.2, 0.25) is 0 Å². The number of hydrogen-bond acceptors (Lipinski definition) is 8. The third-order valence-electron chi connectivity index (χ3n) is 4.72. The summed E-state index contributed by atoms with van der Waals surface area (Å²) in [5.41, 5.74) is -0.125. The van der Waals surface area contributed by atoms with Crippen LogP contribution in [0, 0.1) is 10.1 Å². The standard InChI is InChI=1S/C22H21N3O8S/c1-31-15-9-10-18(20(13-15)33-3)23-22(26)16-6-4-5-7-17(16)24-34(29,30)21-12-14(25(27)28)8-11-19(21)32-2/h4-13,24H,1-3H3,(H,23,26). The maximum atomic E-state index is 13.1. The lowest BCUT2D eigenvalue weighted by atomic mass is 10.1. The first-order chi connectivity index (χ1) is 16.2. The molecule has 12 heteroatoms. The van der Waals surface area contributed by atoms with Crippen molar-refractivity contribution in [2.75, 3.05) is 31.4 Å². The number of sulfonamides is 1. The summed E-state index contributed by atoms with van der Waals surface area (Å²) in [4.78, 5) is 23.0. The van der Waals surface area contributed by atoms with Crippen molar-refractivity contribution in [2.24, 2.45) is 0 Å². The number of nitrogens with one attached hydrogen (secondary N) is 2. The van der Waals surface area contributed by atoms with Gasteiger partial charge in [-0.05, 0) is 30.3 Å². The van der Waals surface area contributed by atoms with E-state index < -0.39 is 31.4 Å². The average molecular weight is 487 g/mol. The van der Waals surface area contributed by atoms with E-state index in [1.165, 1.54) is 45.6 Å². The van der Waals surface area contributed by atoms with Crippen LogP contribution in [0.5, 0.6) is 17.2 Å². The fourth-order valence-electron chi connectivity index (χ4n) is 3.05. The van der Waals surface area contributed by atoms with Gasteiger partial charge in [-0.2, -0.15) is 0 Å². The predicted molar refractivity (Wildman–Crippen MR) is 124 cm³/mol. The van der Waals surface area contributed by atoms with Crippen molar-refractivity contribution in [2.45, 2.75) is 4.90 Å². The third kappa shape index (κ3) is 5.18. The Kier molecular flexibility index (Phi) is 7.21. The number of carbonyl (C=O) groups excluding carboxylic acids is 1. The van der Waals surface area contributed by atoms with Crippen molar-refractivity contribution in [1.29, 1.82) is 0 Å². The van der Waals surface area contributed by atoms with Gasteiger partial charge in [-0.3, -0.25) is 19.6 Å². The first-order valence-electron chi connectivity index (χ1n) is 9.67. The summed E-state index contributed by atoms with van der Waals surface area (Å²) >= 11 is 0. The van der Waals surface area contributed by atoms with Gasteiger partial charge in [0.2, 0.25) is 0 Å². The molecule has 0 aliphatic carbocycles. The number of amides is 1. The fraction of sp³-hybridized carbons (Fsp3) is 0.136. The molecule has 0 aromatic heterocycles. The molecule has 0 spiro atoms. The molecule has 0 bridgehead atoms. The Hall–Kier alpha value is -4.32. The quantitative estimate of drug-likeness (QED) is 0.343. The first-order valence-corrected chi connectivity index (χ1v) is 11.2. The molecule has 3 rings (SSSR count). The van der Waals surface area contributed by atoms with Gasteiger partial charge in [-0.15, -0.1) is 0 Å². The molecule has 3 aromatic carbocycles. The van der Waals surface area contributed by atoms with Crippen LogP contribution in [-0.2, 0) is 10.0 Å². The number of para-hydroxylation sites is 1. The van der Waals surface area contributed by atoms with Crippen molar-refractivity contribution < 1.29 is 32.3 Å². The molecule has 0 aliphatic rings. The van der Waals surface area contributed by atoms with Crippen LogP contribution in [0.4, 0.5) is 17.1 Å². The number of benzene rings is 3. The highest BCUT2D eigenvalue weighted by Crippen LogP contribution is 2.32. The molecule has 0 radical (unpaired) electrons. The second kappa shape index (κ2) is 10.1. The van der Waals surface area contributed by atoms with Gasteiger partial charge in [0.15, 0.2) is 0 Å². The van der Waals surface area contributed by atoms with Gasteiger partial charge < -0.3 is 19.5 Å². The third-order valence-corrected chi connectivity index (χ3v) is 6.11. The van der Waals surface area contributed by atoms with Crippen molar-refractivity contribution in [3.05, 3.63) is 76.3 Å². The SMILES string of the molecule is COc1ccc(NC(=O)c2ccccc2NS(=O)(=O)c2cc([N+](=O)[O-])ccc2OC)c(OC)c1. The lowest BCUT2D eigenvalue weighted by Gasteiger charge is -2.15. The highest BCUT2D eigenvalue weighted by Gasteiger charge is 2.25. The molecule has 34 heavy (non-hydrogen) atoms. The van der Waals surface area contributed by atoms with Crippen LogP contribution >= 0.6 is 0 Å². The Morgan fingerprint density at radius 1 is 0.882 bits per heavy atom. The van der Waals surface area contributed by atoms with E-state index in [9.17, 15) is 23.3 Å². The number of hydrogen-bond donors (Lipinski definition) is 2. The number of anilines is 2. The van der Waals surface area contributed by atoms with Crippen LogP contribution in [0.25, 0.3) is 0 Å². The van der Waals surface area contributed by atoms with Gasteiger partial charge in [0, 0.05) is 18.2 Å². The molecule has 3 aromatic rings. The molecule has 2 N–H and O–H groups in total. The molecule has 0 unspecified atom stereocenters. The molecular weight excluding hydrogens is 466 g/mol. The molecule has 0 saturated carbocycles. The van der Waals surface area contributed by atoms with E-state index in [4.69, 9.17) is 14.2 Å². The van der Waals surface area contributed by atoms with Gasteiger partial charge in [-0.25, -0.2) is 8.42 Å². The fourth-order valence-corrected chi connectivity index (χ4v) is 4.32. The second-order valence-corrected chi connectivity index (χ2v) is 8.41. The zero-order chi connectivity index (χ0) is 24.9. The summed E-state index contributed by atoms with van der Waals surface area (Å²) in [6.45, 7) is 0. The van der Waals surface area contributed by atoms with E-state index in [0.717, 1.165) is 12.1 Å². The molecule has 0 fully saturated rings. The van der Waals surface area contributed by atoms with E-state index in [0.29, 0.717) is 17.2 Å². The van der Waals surface area contributed by atoms with Crippen molar-refractivity contribution in [3.8, 4) is 17.2 Å². The molecule has 0 saturated heterocycles. The number of carbonyl (C=O) groups is 1. The zero-order valence-electron chi connectivity index (χ0n) is 18.4. The molecular formula is C22H21N3O8S. The van der Waals surface area contributed by atoms with Crippen LogP contribution in [0.3, 0.4) is 0 Å². The second-order valence-electron chi connectivity index (χ2n) is 6.76. The summed E-state index contributed by atoms with van der Waals surface area (Å²) in [5, 5.41) is 13.8. The molecule has 178 valence electrons. The van der Waals surface area contributed by atoms with E-state index in [1.54, 1.807) is 24.3 Å². The van der Waals surface area contributed by atoms with E-state index >= 15 is 0 Å². The van der Waals surface area contributed by atoms with Gasteiger partial charge in [0.25, 0.3) is 21.6 Å². The van der Waals surface area contributed by atoms with Crippen LogP contribution in [0.1, 0.15) is 10.4 Å². The summed E-state index contributed by atoms with van der Waals surface area (Å²) in [5.74, 6) is 0.150. The Labute approximate surface area is 195 Å². The highest BCUT2D eigenvalue weighted by molar-refractivity contribution is 7.92. The maximum Gasteiger partial charge on any atom is 0.271 e. The Balaban J connectivity index is 1.95. The number of nitrogens with zero attached hydrogens (tertiary/aromatic N) is 1. The van der Waals surface area contributed by atoms with Crippen LogP contribution in [-0.4, -0.2) is 40.6 Å². The maximum absolute atomic E-state index is 13.1. The topological polar surface area (TPSA) is 146 Å². The average Bonchev–Trinajstić information content (AvgIpc) is 2.83. The van der Waals surface area contributed by atoms with Crippen molar-refractivity contribution in [3.63, 3.8) is 0 Å². The molecule has 0 aliphatic heterocycles. The largest absolute Gasteiger partial charge is 0.497 e. The van der Waals surface area contributed by atoms with E-state index in [1.807, 2.05) is 0 Å². The number of ether oxygens (including phenoxy) is 3. The molecule has 1 amide bonds. The van der Waals surface area contributed by atoms with Gasteiger partial charge in [-0.1, -0.05) is 12.1 Å². The van der Waals surface area contributed by atoms with Gasteiger partial charge in [0.1, 0.15) is 22.1 Å². The predicted octanol–water partition coefficient (Wildman–Crippen LogP) is 3.67. The summed E-state index contributed by atoms with van der Waals surface area (Å²) in [6, 6.07) is 13.9. The monoisotopic (exact) mass is 487 g/mol. The van der Waals surface area contributed by atoms with Crippen LogP contribution in [0.15, 0.2) is 65.6 Å². The van der Waals surface area contributed by atoms with E-state index in [2.05, 4.69) is 10.0 Å². The number of nitro groups is 1. The molecule has 11 nitrogen and oxygen atoms in total. The Bertz CT molecular complexity index is 1340. The lowest BCUT2D eigenvalue weighted by molar-refractivity contribution is -0.385. The summed E-state index contributed by atoms with van der Waals surface area (Å²) in [7, 11) is -0.202. The van der Waals surface area contributed by atoms with E-state index in [-0.39, 0.29) is 17.0 Å². The van der Waals surface area contributed by atoms with Crippen LogP contribution < -0.4 is 24.2 Å². The van der Waals surface area contributed by atoms with Crippen molar-refractivity contribution in [1.82, 2.24) is 0 Å². The smallest absolute Gasteiger partial charge is 0.271 e. The van der Waals surface area contributed by atoms with Crippen molar-refractivity contribution >= 4 is 33.0 Å². The minimum Gasteiger partial charge on any atom is -0.497 e. The summed E-state index contributed by atoms with van der Waals surface area (Å²) in [6.07, 6.45) is 0. The zero-order valence-corrected chi connectivity index (χ0v) is 19.2. The number of nitro benzene ring substituents is 1. The number of rotatable bonds is 9. The first kappa shape index (κ1) is 24.3. The Morgan fingerprint density at radius 2 is 1.59 bits per heavy atom.